The fraction of sp³-hybridized carbons (Fsp3) is 0.231. The fourth-order valence-corrected chi connectivity index (χ4v) is 1.84. The Kier molecular flexibility index (Phi) is 3.41. The lowest BCUT2D eigenvalue weighted by Crippen LogP contribution is -1.96. The molecule has 1 aromatic heterocycles. The zero-order chi connectivity index (χ0) is 14.0. The quantitative estimate of drug-likeness (QED) is 0.911. The minimum absolute atomic E-state index is 0.223. The maximum Gasteiger partial charge on any atom is 0.374 e. The van der Waals surface area contributed by atoms with Crippen molar-refractivity contribution in [1.29, 1.82) is 0 Å². The number of hydrogen-bond acceptors (Lipinski definition) is 5. The average molecular weight is 263 g/mol. The summed E-state index contributed by atoms with van der Waals surface area (Å²) in [5, 5.41) is 12.6. The van der Waals surface area contributed by atoms with Gasteiger partial charge in [0.25, 0.3) is 0 Å². The summed E-state index contributed by atoms with van der Waals surface area (Å²) < 4.78 is 15.3. The Labute approximate surface area is 109 Å². The van der Waals surface area contributed by atoms with Gasteiger partial charge < -0.3 is 19.1 Å². The van der Waals surface area contributed by atoms with Gasteiger partial charge in [0.15, 0.2) is 11.5 Å². The van der Waals surface area contributed by atoms with Gasteiger partial charge in [-0.1, -0.05) is 11.2 Å². The summed E-state index contributed by atoms with van der Waals surface area (Å²) in [6.45, 7) is 1.87. The smallest absolute Gasteiger partial charge is 0.374 e. The summed E-state index contributed by atoms with van der Waals surface area (Å²) in [4.78, 5) is 10.8. The second-order valence-corrected chi connectivity index (χ2v) is 3.87. The van der Waals surface area contributed by atoms with Crippen LogP contribution in [0.2, 0.25) is 0 Å². The van der Waals surface area contributed by atoms with Gasteiger partial charge in [0.1, 0.15) is 5.69 Å². The molecule has 1 aromatic carbocycles. The molecule has 100 valence electrons. The average Bonchev–Trinajstić information content (AvgIpc) is 2.87. The van der Waals surface area contributed by atoms with Crippen molar-refractivity contribution >= 4 is 5.97 Å². The summed E-state index contributed by atoms with van der Waals surface area (Å²) in [5.41, 5.74) is 1.92. The summed E-state index contributed by atoms with van der Waals surface area (Å²) in [7, 11) is 3.04. The van der Waals surface area contributed by atoms with Crippen LogP contribution in [0.4, 0.5) is 0 Å². The number of carboxylic acids is 1. The van der Waals surface area contributed by atoms with Crippen molar-refractivity contribution in [3.8, 4) is 22.8 Å². The molecular weight excluding hydrogens is 250 g/mol. The molecule has 0 amide bonds. The first-order valence-corrected chi connectivity index (χ1v) is 5.50. The molecule has 6 heteroatoms. The summed E-state index contributed by atoms with van der Waals surface area (Å²) in [5.74, 6) is -0.353. The van der Waals surface area contributed by atoms with E-state index < -0.39 is 5.97 Å². The minimum Gasteiger partial charge on any atom is -0.493 e. The number of rotatable bonds is 4. The van der Waals surface area contributed by atoms with Gasteiger partial charge in [-0.05, 0) is 18.6 Å². The maximum absolute atomic E-state index is 10.8. The Morgan fingerprint density at radius 1 is 1.32 bits per heavy atom. The molecule has 0 radical (unpaired) electrons. The van der Waals surface area contributed by atoms with E-state index in [2.05, 4.69) is 5.16 Å². The predicted octanol–water partition coefficient (Wildman–Crippen LogP) is 2.37. The number of carbonyl (C=O) groups is 1. The van der Waals surface area contributed by atoms with Gasteiger partial charge in [-0.3, -0.25) is 0 Å². The van der Waals surface area contributed by atoms with E-state index in [4.69, 9.17) is 19.1 Å². The molecule has 0 atom stereocenters. The van der Waals surface area contributed by atoms with Crippen molar-refractivity contribution in [1.82, 2.24) is 5.16 Å². The molecule has 0 spiro atoms. The SMILES string of the molecule is COc1ccc(C)c(-c2cc(C(=O)O)on2)c1OC. The van der Waals surface area contributed by atoms with Crippen molar-refractivity contribution < 1.29 is 23.9 Å². The molecule has 0 aliphatic carbocycles. The Balaban J connectivity index is 2.62. The molecule has 0 unspecified atom stereocenters. The predicted molar refractivity (Wildman–Crippen MR) is 66.7 cm³/mol. The number of methoxy groups -OCH3 is 2. The van der Waals surface area contributed by atoms with Crippen molar-refractivity contribution in [3.05, 3.63) is 29.5 Å². The van der Waals surface area contributed by atoms with E-state index in [-0.39, 0.29) is 5.76 Å². The Morgan fingerprint density at radius 2 is 2.05 bits per heavy atom. The standard InChI is InChI=1S/C13H13NO5/c1-7-4-5-9(17-2)12(18-3)11(7)8-6-10(13(15)16)19-14-8/h4-6H,1-3H3,(H,15,16). The van der Waals surface area contributed by atoms with Gasteiger partial charge >= 0.3 is 5.97 Å². The van der Waals surface area contributed by atoms with Crippen LogP contribution in [-0.4, -0.2) is 30.5 Å². The van der Waals surface area contributed by atoms with Gasteiger partial charge in [0, 0.05) is 6.07 Å². The molecule has 1 heterocycles. The summed E-state index contributed by atoms with van der Waals surface area (Å²) >= 11 is 0. The van der Waals surface area contributed by atoms with E-state index in [1.54, 1.807) is 6.07 Å². The third-order valence-corrected chi connectivity index (χ3v) is 2.73. The number of carboxylic acid groups (broad SMARTS) is 1. The number of nitrogens with zero attached hydrogens (tertiary/aromatic N) is 1. The van der Waals surface area contributed by atoms with Gasteiger partial charge in [0.2, 0.25) is 5.76 Å². The molecule has 0 aliphatic rings. The van der Waals surface area contributed by atoms with Gasteiger partial charge in [-0.25, -0.2) is 4.79 Å². The van der Waals surface area contributed by atoms with Crippen LogP contribution >= 0.6 is 0 Å². The van der Waals surface area contributed by atoms with E-state index in [1.165, 1.54) is 20.3 Å². The highest BCUT2D eigenvalue weighted by Gasteiger charge is 2.20. The third kappa shape index (κ3) is 2.24. The van der Waals surface area contributed by atoms with Crippen molar-refractivity contribution in [2.45, 2.75) is 6.92 Å². The van der Waals surface area contributed by atoms with Crippen molar-refractivity contribution in [2.24, 2.45) is 0 Å². The molecule has 1 N–H and O–H groups in total. The Morgan fingerprint density at radius 3 is 2.58 bits per heavy atom. The highest BCUT2D eigenvalue weighted by Crippen LogP contribution is 2.39. The van der Waals surface area contributed by atoms with E-state index in [1.807, 2.05) is 13.0 Å². The number of aromatic carboxylic acids is 1. The van der Waals surface area contributed by atoms with E-state index >= 15 is 0 Å². The van der Waals surface area contributed by atoms with E-state index in [9.17, 15) is 4.79 Å². The second-order valence-electron chi connectivity index (χ2n) is 3.87. The van der Waals surface area contributed by atoms with Gasteiger partial charge in [-0.2, -0.15) is 0 Å². The topological polar surface area (TPSA) is 81.8 Å². The van der Waals surface area contributed by atoms with Crippen LogP contribution in [0.15, 0.2) is 22.7 Å². The highest BCUT2D eigenvalue weighted by atomic mass is 16.5. The van der Waals surface area contributed by atoms with E-state index in [0.29, 0.717) is 22.8 Å². The first-order chi connectivity index (χ1) is 9.08. The molecule has 2 rings (SSSR count). The van der Waals surface area contributed by atoms with Crippen LogP contribution < -0.4 is 9.47 Å². The molecule has 0 bridgehead atoms. The molecule has 0 saturated heterocycles. The Hall–Kier alpha value is -2.50. The maximum atomic E-state index is 10.8. The summed E-state index contributed by atoms with van der Waals surface area (Å²) in [6.07, 6.45) is 0. The molecule has 19 heavy (non-hydrogen) atoms. The van der Waals surface area contributed by atoms with Gasteiger partial charge in [-0.15, -0.1) is 0 Å². The molecule has 6 nitrogen and oxygen atoms in total. The molecule has 0 fully saturated rings. The second kappa shape index (κ2) is 5.01. The molecule has 2 aromatic rings. The zero-order valence-electron chi connectivity index (χ0n) is 10.8. The third-order valence-electron chi connectivity index (χ3n) is 2.73. The Bertz CT molecular complexity index is 617. The van der Waals surface area contributed by atoms with Crippen molar-refractivity contribution in [3.63, 3.8) is 0 Å². The monoisotopic (exact) mass is 263 g/mol. The highest BCUT2D eigenvalue weighted by molar-refractivity contribution is 5.86. The first kappa shape index (κ1) is 12.9. The lowest BCUT2D eigenvalue weighted by molar-refractivity contribution is 0.0652. The van der Waals surface area contributed by atoms with Gasteiger partial charge in [0.05, 0.1) is 19.8 Å². The lowest BCUT2D eigenvalue weighted by atomic mass is 10.0. The van der Waals surface area contributed by atoms with Crippen molar-refractivity contribution in [2.75, 3.05) is 14.2 Å². The summed E-state index contributed by atoms with van der Waals surface area (Å²) in [6, 6.07) is 4.97. The van der Waals surface area contributed by atoms with Crippen LogP contribution in [0.3, 0.4) is 0 Å². The molecular formula is C13H13NO5. The van der Waals surface area contributed by atoms with Crippen LogP contribution in [0, 0.1) is 6.92 Å². The normalized spacial score (nSPS) is 10.3. The zero-order valence-corrected chi connectivity index (χ0v) is 10.8. The number of benzene rings is 1. The lowest BCUT2D eigenvalue weighted by Gasteiger charge is -2.13. The molecule has 0 saturated carbocycles. The fourth-order valence-electron chi connectivity index (χ4n) is 1.84. The number of aromatic nitrogens is 1. The first-order valence-electron chi connectivity index (χ1n) is 5.50. The molecule has 0 aliphatic heterocycles. The minimum atomic E-state index is -1.17. The van der Waals surface area contributed by atoms with Crippen LogP contribution in [0.5, 0.6) is 11.5 Å². The largest absolute Gasteiger partial charge is 0.493 e. The van der Waals surface area contributed by atoms with Crippen LogP contribution in [0.25, 0.3) is 11.3 Å². The number of ether oxygens (including phenoxy) is 2. The van der Waals surface area contributed by atoms with E-state index in [0.717, 1.165) is 5.56 Å². The van der Waals surface area contributed by atoms with Crippen LogP contribution in [0.1, 0.15) is 16.1 Å². The van der Waals surface area contributed by atoms with Crippen LogP contribution in [-0.2, 0) is 0 Å². The number of hydrogen-bond donors (Lipinski definition) is 1. The number of aryl methyl sites for hydroxylation is 1.